The van der Waals surface area contributed by atoms with E-state index in [0.29, 0.717) is 24.2 Å². The summed E-state index contributed by atoms with van der Waals surface area (Å²) in [6.45, 7) is 2.14. The fraction of sp³-hybridized carbons (Fsp3) is 0.474. The number of carbonyl (C=O) groups is 1. The molecule has 1 amide bonds. The number of nitrogens with one attached hydrogen (secondary N) is 1. The number of sulfonamides is 1. The Morgan fingerprint density at radius 1 is 1.21 bits per heavy atom. The van der Waals surface area contributed by atoms with E-state index in [1.807, 2.05) is 23.9 Å². The number of rotatable bonds is 4. The molecule has 0 aliphatic carbocycles. The van der Waals surface area contributed by atoms with Gasteiger partial charge in [-0.15, -0.1) is 0 Å². The van der Waals surface area contributed by atoms with Crippen LogP contribution in [0.25, 0.3) is 0 Å². The van der Waals surface area contributed by atoms with Crippen LogP contribution in [0.4, 0.5) is 11.6 Å². The van der Waals surface area contributed by atoms with E-state index in [2.05, 4.69) is 15.2 Å². The van der Waals surface area contributed by atoms with Crippen LogP contribution in [0.15, 0.2) is 30.6 Å². The number of carbonyl (C=O) groups excluding carboxylic acids is 1. The predicted octanol–water partition coefficient (Wildman–Crippen LogP) is 1.14. The molecular weight excluding hydrogens is 378 g/mol. The van der Waals surface area contributed by atoms with Crippen molar-refractivity contribution >= 4 is 27.6 Å². The summed E-state index contributed by atoms with van der Waals surface area (Å²) in [5.74, 6) is 0.856. The number of fused-ring (bicyclic) bond motifs is 1. The summed E-state index contributed by atoms with van der Waals surface area (Å²) in [6, 6.07) is 5.39. The number of piperidine rings is 1. The second-order valence-corrected chi connectivity index (χ2v) is 9.41. The fourth-order valence-electron chi connectivity index (χ4n) is 4.01. The summed E-state index contributed by atoms with van der Waals surface area (Å²) in [4.78, 5) is 19.3. The Kier molecular flexibility index (Phi) is 4.78. The lowest BCUT2D eigenvalue weighted by atomic mass is 10.0. The summed E-state index contributed by atoms with van der Waals surface area (Å²) in [6.07, 6.45) is 7.30. The number of aryl methyl sites for hydroxylation is 1. The van der Waals surface area contributed by atoms with E-state index in [4.69, 9.17) is 0 Å². The first-order chi connectivity index (χ1) is 13.3. The summed E-state index contributed by atoms with van der Waals surface area (Å²) >= 11 is 0. The van der Waals surface area contributed by atoms with E-state index < -0.39 is 10.0 Å². The number of anilines is 2. The van der Waals surface area contributed by atoms with E-state index in [-0.39, 0.29) is 11.9 Å². The van der Waals surface area contributed by atoms with Crippen LogP contribution < -0.4 is 14.5 Å². The molecule has 1 aromatic heterocycles. The molecule has 1 fully saturated rings. The van der Waals surface area contributed by atoms with Crippen LogP contribution in [0.1, 0.15) is 28.8 Å². The van der Waals surface area contributed by atoms with Crippen molar-refractivity contribution in [3.05, 3.63) is 41.7 Å². The first-order valence-corrected chi connectivity index (χ1v) is 11.3. The molecule has 3 heterocycles. The van der Waals surface area contributed by atoms with Gasteiger partial charge in [0, 0.05) is 50.7 Å². The number of aromatic nitrogens is 2. The van der Waals surface area contributed by atoms with Gasteiger partial charge in [-0.1, -0.05) is 0 Å². The Morgan fingerprint density at radius 3 is 2.61 bits per heavy atom. The minimum Gasteiger partial charge on any atom is -0.349 e. The van der Waals surface area contributed by atoms with Gasteiger partial charge in [0.25, 0.3) is 5.91 Å². The molecule has 0 atom stereocenters. The Bertz CT molecular complexity index is 993. The van der Waals surface area contributed by atoms with Gasteiger partial charge in [0.15, 0.2) is 0 Å². The Morgan fingerprint density at radius 2 is 1.96 bits per heavy atom. The van der Waals surface area contributed by atoms with Gasteiger partial charge in [0.05, 0.1) is 11.9 Å². The van der Waals surface area contributed by atoms with Gasteiger partial charge < -0.3 is 14.8 Å². The van der Waals surface area contributed by atoms with Crippen LogP contribution in [-0.4, -0.2) is 55.8 Å². The normalized spacial score (nSPS) is 17.6. The first kappa shape index (κ1) is 18.8. The number of nitrogens with zero attached hydrogens (tertiary/aromatic N) is 4. The maximum Gasteiger partial charge on any atom is 0.251 e. The molecule has 0 unspecified atom stereocenters. The van der Waals surface area contributed by atoms with E-state index in [0.717, 1.165) is 37.4 Å². The fourth-order valence-corrected chi connectivity index (χ4v) is 4.97. The minimum absolute atomic E-state index is 0.101. The molecule has 2 aromatic rings. The van der Waals surface area contributed by atoms with Gasteiger partial charge in [-0.25, -0.2) is 13.4 Å². The van der Waals surface area contributed by atoms with Gasteiger partial charge in [-0.2, -0.15) is 0 Å². The zero-order valence-electron chi connectivity index (χ0n) is 16.1. The zero-order chi connectivity index (χ0) is 19.9. The highest BCUT2D eigenvalue weighted by atomic mass is 32.2. The molecule has 0 bridgehead atoms. The highest BCUT2D eigenvalue weighted by Crippen LogP contribution is 2.30. The van der Waals surface area contributed by atoms with Gasteiger partial charge in [-0.05, 0) is 43.0 Å². The number of imidazole rings is 1. The molecule has 0 radical (unpaired) electrons. The monoisotopic (exact) mass is 403 g/mol. The third kappa shape index (κ3) is 3.58. The van der Waals surface area contributed by atoms with Crippen molar-refractivity contribution in [3.63, 3.8) is 0 Å². The van der Waals surface area contributed by atoms with Crippen LogP contribution in [0, 0.1) is 0 Å². The quantitative estimate of drug-likeness (QED) is 0.827. The molecule has 1 N–H and O–H groups in total. The average Bonchev–Trinajstić information content (AvgIpc) is 3.27. The lowest BCUT2D eigenvalue weighted by Gasteiger charge is -2.33. The topological polar surface area (TPSA) is 87.5 Å². The van der Waals surface area contributed by atoms with Gasteiger partial charge >= 0.3 is 0 Å². The van der Waals surface area contributed by atoms with Crippen LogP contribution >= 0.6 is 0 Å². The van der Waals surface area contributed by atoms with Gasteiger partial charge in [0.2, 0.25) is 16.0 Å². The van der Waals surface area contributed by atoms with Crippen molar-refractivity contribution in [1.82, 2.24) is 14.9 Å². The Hall–Kier alpha value is -2.55. The number of hydrogen-bond acceptors (Lipinski definition) is 5. The molecule has 2 aliphatic heterocycles. The summed E-state index contributed by atoms with van der Waals surface area (Å²) < 4.78 is 27.1. The van der Waals surface area contributed by atoms with E-state index in [1.54, 1.807) is 18.3 Å². The Labute approximate surface area is 165 Å². The minimum atomic E-state index is -3.28. The van der Waals surface area contributed by atoms with E-state index in [9.17, 15) is 13.2 Å². The van der Waals surface area contributed by atoms with Crippen molar-refractivity contribution in [2.75, 3.05) is 35.1 Å². The van der Waals surface area contributed by atoms with Crippen molar-refractivity contribution < 1.29 is 13.2 Å². The van der Waals surface area contributed by atoms with Crippen molar-refractivity contribution in [2.24, 2.45) is 7.05 Å². The van der Waals surface area contributed by atoms with E-state index >= 15 is 0 Å². The van der Waals surface area contributed by atoms with Crippen LogP contribution in [0.5, 0.6) is 0 Å². The van der Waals surface area contributed by atoms with Crippen molar-refractivity contribution in [1.29, 1.82) is 0 Å². The number of amides is 1. The summed E-state index contributed by atoms with van der Waals surface area (Å²) in [5, 5.41) is 3.12. The number of hydrogen-bond donors (Lipinski definition) is 1. The van der Waals surface area contributed by atoms with Crippen LogP contribution in [-0.2, 0) is 23.5 Å². The largest absolute Gasteiger partial charge is 0.349 e. The average molecular weight is 404 g/mol. The smallest absolute Gasteiger partial charge is 0.251 e. The molecule has 1 aromatic carbocycles. The highest BCUT2D eigenvalue weighted by Gasteiger charge is 2.28. The van der Waals surface area contributed by atoms with Crippen molar-refractivity contribution in [3.8, 4) is 0 Å². The standard InChI is InChI=1S/C19H25N5O3S/c1-22-12-8-20-19(22)23-9-6-16(7-10-23)21-18(25)15-3-4-17-14(13-15)5-11-24(17)28(2,26)27/h3-4,8,12-13,16H,5-7,9-11H2,1-2H3,(H,21,25). The zero-order valence-corrected chi connectivity index (χ0v) is 16.9. The van der Waals surface area contributed by atoms with Crippen LogP contribution in [0.3, 0.4) is 0 Å². The lowest BCUT2D eigenvalue weighted by Crippen LogP contribution is -2.45. The predicted molar refractivity (Wildman–Crippen MR) is 108 cm³/mol. The molecule has 28 heavy (non-hydrogen) atoms. The number of benzene rings is 1. The maximum atomic E-state index is 12.7. The molecule has 8 nitrogen and oxygen atoms in total. The molecule has 2 aliphatic rings. The van der Waals surface area contributed by atoms with Crippen molar-refractivity contribution in [2.45, 2.75) is 25.3 Å². The Balaban J connectivity index is 1.38. The maximum absolute atomic E-state index is 12.7. The highest BCUT2D eigenvalue weighted by molar-refractivity contribution is 7.92. The molecule has 9 heteroatoms. The molecule has 0 saturated carbocycles. The first-order valence-electron chi connectivity index (χ1n) is 9.47. The SMILES string of the molecule is Cn1ccnc1N1CCC(NC(=O)c2ccc3c(c2)CCN3S(C)(=O)=O)CC1. The molecule has 0 spiro atoms. The summed E-state index contributed by atoms with van der Waals surface area (Å²) in [7, 11) is -1.30. The third-order valence-electron chi connectivity index (χ3n) is 5.50. The lowest BCUT2D eigenvalue weighted by molar-refractivity contribution is 0.0931. The molecule has 150 valence electrons. The van der Waals surface area contributed by atoms with E-state index in [1.165, 1.54) is 10.6 Å². The second kappa shape index (κ2) is 7.12. The second-order valence-electron chi connectivity index (χ2n) is 7.50. The van der Waals surface area contributed by atoms with Gasteiger partial charge in [0.1, 0.15) is 0 Å². The molecule has 1 saturated heterocycles. The molecular formula is C19H25N5O3S. The molecule has 4 rings (SSSR count). The summed E-state index contributed by atoms with van der Waals surface area (Å²) in [5.41, 5.74) is 2.17. The van der Waals surface area contributed by atoms with Crippen LogP contribution in [0.2, 0.25) is 0 Å². The third-order valence-corrected chi connectivity index (χ3v) is 6.68. The van der Waals surface area contributed by atoms with Gasteiger partial charge in [-0.3, -0.25) is 9.10 Å².